The van der Waals surface area contributed by atoms with E-state index in [0.717, 1.165) is 14.5 Å². The highest BCUT2D eigenvalue weighted by molar-refractivity contribution is 9.10. The molecule has 0 aliphatic carbocycles. The van der Waals surface area contributed by atoms with Crippen molar-refractivity contribution in [3.63, 3.8) is 0 Å². The van der Waals surface area contributed by atoms with Gasteiger partial charge in [-0.25, -0.2) is 4.83 Å². The largest absolute Gasteiger partial charge is 0.488 e. The molecule has 5 nitrogen and oxygen atoms in total. The third-order valence-corrected chi connectivity index (χ3v) is 6.23. The van der Waals surface area contributed by atoms with Gasteiger partial charge in [0, 0.05) is 19.5 Å². The fourth-order valence-corrected chi connectivity index (χ4v) is 4.11. The first-order valence-corrected chi connectivity index (χ1v) is 11.8. The minimum atomic E-state index is -3.79. The maximum absolute atomic E-state index is 12.3. The van der Waals surface area contributed by atoms with Crippen LogP contribution in [0, 0.1) is 0 Å². The van der Waals surface area contributed by atoms with E-state index in [0.29, 0.717) is 22.9 Å². The monoisotopic (exact) mass is 556 g/mol. The molecule has 0 unspecified atom stereocenters. The summed E-state index contributed by atoms with van der Waals surface area (Å²) in [5.74, 6) is 0.572. The number of sulfonamides is 1. The molecule has 0 aliphatic rings. The van der Waals surface area contributed by atoms with Crippen LogP contribution in [0.4, 0.5) is 0 Å². The maximum Gasteiger partial charge on any atom is 0.276 e. The number of hydrogen-bond acceptors (Lipinski definition) is 4. The van der Waals surface area contributed by atoms with Crippen molar-refractivity contribution in [3.8, 4) is 5.75 Å². The second-order valence-electron chi connectivity index (χ2n) is 5.91. The van der Waals surface area contributed by atoms with Gasteiger partial charge in [-0.2, -0.15) is 13.5 Å². The number of hydrazone groups is 1. The van der Waals surface area contributed by atoms with E-state index in [-0.39, 0.29) is 4.90 Å². The molecule has 0 saturated carbocycles. The highest BCUT2D eigenvalue weighted by Crippen LogP contribution is 2.23. The summed E-state index contributed by atoms with van der Waals surface area (Å²) in [6.45, 7) is 0.360. The molecule has 3 aromatic rings. The lowest BCUT2D eigenvalue weighted by Gasteiger charge is -2.10. The maximum atomic E-state index is 12.3. The van der Waals surface area contributed by atoms with Crippen LogP contribution in [0.15, 0.2) is 85.7 Å². The standard InChI is InChI=1S/C20H15Br2ClN2O3S/c21-16-3-1-2-14(10-16)13-28-20-9-4-17(22)11-15(20)12-24-25-29(26,27)19-7-5-18(23)6-8-19/h1-12,25H,13H2/b24-12-. The average molecular weight is 559 g/mol. The molecule has 3 aromatic carbocycles. The zero-order chi connectivity index (χ0) is 20.9. The van der Waals surface area contributed by atoms with E-state index in [9.17, 15) is 8.42 Å². The summed E-state index contributed by atoms with van der Waals surface area (Å²) in [4.78, 5) is 2.26. The Morgan fingerprint density at radius 3 is 2.45 bits per heavy atom. The molecule has 3 rings (SSSR count). The molecule has 0 aromatic heterocycles. The summed E-state index contributed by atoms with van der Waals surface area (Å²) in [6, 6.07) is 19.0. The fraction of sp³-hybridized carbons (Fsp3) is 0.0500. The second-order valence-corrected chi connectivity index (χ2v) is 9.84. The summed E-state index contributed by atoms with van der Waals surface area (Å²) in [5, 5.41) is 4.33. The van der Waals surface area contributed by atoms with Crippen molar-refractivity contribution in [2.24, 2.45) is 5.10 Å². The minimum Gasteiger partial charge on any atom is -0.488 e. The molecule has 9 heteroatoms. The quantitative estimate of drug-likeness (QED) is 0.296. The van der Waals surface area contributed by atoms with Crippen molar-refractivity contribution >= 4 is 59.7 Å². The van der Waals surface area contributed by atoms with Crippen LogP contribution in [0.1, 0.15) is 11.1 Å². The first-order valence-electron chi connectivity index (χ1n) is 8.31. The summed E-state index contributed by atoms with van der Waals surface area (Å²) in [6.07, 6.45) is 1.40. The van der Waals surface area contributed by atoms with Gasteiger partial charge in [0.25, 0.3) is 10.0 Å². The van der Waals surface area contributed by atoms with E-state index >= 15 is 0 Å². The summed E-state index contributed by atoms with van der Waals surface area (Å²) in [7, 11) is -3.79. The van der Waals surface area contributed by atoms with Crippen molar-refractivity contribution < 1.29 is 13.2 Å². The Bertz CT molecular complexity index is 1140. The van der Waals surface area contributed by atoms with Gasteiger partial charge >= 0.3 is 0 Å². The molecule has 0 fully saturated rings. The number of halogens is 3. The van der Waals surface area contributed by atoms with E-state index < -0.39 is 10.0 Å². The Balaban J connectivity index is 1.74. The normalized spacial score (nSPS) is 11.6. The molecule has 0 spiro atoms. The Hall–Kier alpha value is -1.87. The predicted octanol–water partition coefficient (Wildman–Crippen LogP) is 5.76. The van der Waals surface area contributed by atoms with Crippen LogP contribution in [-0.4, -0.2) is 14.6 Å². The molecule has 0 amide bonds. The summed E-state index contributed by atoms with van der Waals surface area (Å²) >= 11 is 12.6. The SMILES string of the molecule is O=S(=O)(N/N=C\c1cc(Br)ccc1OCc1cccc(Br)c1)c1ccc(Cl)cc1. The molecular weight excluding hydrogens is 544 g/mol. The van der Waals surface area contributed by atoms with Crippen LogP contribution in [0.5, 0.6) is 5.75 Å². The van der Waals surface area contributed by atoms with Crippen LogP contribution in [0.2, 0.25) is 5.02 Å². The van der Waals surface area contributed by atoms with E-state index in [1.807, 2.05) is 30.3 Å². The molecule has 0 atom stereocenters. The fourth-order valence-electron chi connectivity index (χ4n) is 2.37. The molecule has 1 N–H and O–H groups in total. The third-order valence-electron chi connectivity index (χ3n) is 3.76. The van der Waals surface area contributed by atoms with Crippen molar-refractivity contribution in [1.29, 1.82) is 0 Å². The van der Waals surface area contributed by atoms with Gasteiger partial charge in [0.15, 0.2) is 0 Å². The van der Waals surface area contributed by atoms with E-state index in [2.05, 4.69) is 41.8 Å². The molecule has 0 bridgehead atoms. The zero-order valence-corrected chi connectivity index (χ0v) is 19.6. The summed E-state index contributed by atoms with van der Waals surface area (Å²) in [5.41, 5.74) is 1.61. The molecule has 0 saturated heterocycles. The lowest BCUT2D eigenvalue weighted by molar-refractivity contribution is 0.305. The molecule has 29 heavy (non-hydrogen) atoms. The number of benzene rings is 3. The van der Waals surface area contributed by atoms with Crippen LogP contribution in [0.25, 0.3) is 0 Å². The van der Waals surface area contributed by atoms with Gasteiger partial charge in [-0.15, -0.1) is 0 Å². The molecule has 0 radical (unpaired) electrons. The Morgan fingerprint density at radius 1 is 1.00 bits per heavy atom. The Labute approximate surface area is 191 Å². The van der Waals surface area contributed by atoms with E-state index in [1.54, 1.807) is 12.1 Å². The predicted molar refractivity (Wildman–Crippen MR) is 122 cm³/mol. The Morgan fingerprint density at radius 2 is 1.72 bits per heavy atom. The van der Waals surface area contributed by atoms with Gasteiger partial charge in [0.05, 0.1) is 11.1 Å². The van der Waals surface area contributed by atoms with Crippen LogP contribution in [0.3, 0.4) is 0 Å². The topological polar surface area (TPSA) is 67.8 Å². The number of ether oxygens (including phenoxy) is 1. The smallest absolute Gasteiger partial charge is 0.276 e. The van der Waals surface area contributed by atoms with Gasteiger partial charge in [-0.05, 0) is 60.2 Å². The Kier molecular flexibility index (Phi) is 7.34. The lowest BCUT2D eigenvalue weighted by atomic mass is 10.2. The van der Waals surface area contributed by atoms with E-state index in [1.165, 1.54) is 30.5 Å². The zero-order valence-electron chi connectivity index (χ0n) is 14.8. The van der Waals surface area contributed by atoms with Crippen molar-refractivity contribution in [2.45, 2.75) is 11.5 Å². The summed E-state index contributed by atoms with van der Waals surface area (Å²) < 4.78 is 32.3. The number of hydrogen-bond donors (Lipinski definition) is 1. The minimum absolute atomic E-state index is 0.0689. The van der Waals surface area contributed by atoms with Gasteiger partial charge < -0.3 is 4.74 Å². The number of nitrogens with one attached hydrogen (secondary N) is 1. The lowest BCUT2D eigenvalue weighted by Crippen LogP contribution is -2.18. The first-order chi connectivity index (χ1) is 13.8. The number of nitrogens with zero attached hydrogens (tertiary/aromatic N) is 1. The van der Waals surface area contributed by atoms with Crippen molar-refractivity contribution in [1.82, 2.24) is 4.83 Å². The van der Waals surface area contributed by atoms with Crippen LogP contribution < -0.4 is 9.57 Å². The highest BCUT2D eigenvalue weighted by Gasteiger charge is 2.12. The van der Waals surface area contributed by atoms with E-state index in [4.69, 9.17) is 16.3 Å². The molecule has 0 heterocycles. The van der Waals surface area contributed by atoms with Crippen LogP contribution in [-0.2, 0) is 16.6 Å². The van der Waals surface area contributed by atoms with Gasteiger partial charge in [0.2, 0.25) is 0 Å². The van der Waals surface area contributed by atoms with Gasteiger partial charge in [-0.1, -0.05) is 55.6 Å². The van der Waals surface area contributed by atoms with Gasteiger partial charge in [-0.3, -0.25) is 0 Å². The third kappa shape index (κ3) is 6.30. The van der Waals surface area contributed by atoms with Gasteiger partial charge in [0.1, 0.15) is 12.4 Å². The van der Waals surface area contributed by atoms with Crippen LogP contribution >= 0.6 is 43.5 Å². The highest BCUT2D eigenvalue weighted by atomic mass is 79.9. The second kappa shape index (κ2) is 9.75. The molecule has 150 valence electrons. The molecule has 0 aliphatic heterocycles. The molecular formula is C20H15Br2ClN2O3S. The van der Waals surface area contributed by atoms with Crippen molar-refractivity contribution in [3.05, 3.63) is 91.8 Å². The number of rotatable bonds is 7. The first kappa shape index (κ1) is 21.8. The average Bonchev–Trinajstić information content (AvgIpc) is 2.68. The van der Waals surface area contributed by atoms with Crippen molar-refractivity contribution in [2.75, 3.05) is 0 Å².